The standard InChI is InChI=1S/C34H42/c1-14-15-27-17-16-20(4)29-22(6)31-25(9)34(13)24(8)28(19(2)3)21(5)18-32(34,11)26(10)33(31,12)23(7)30(27)29/h15-17,23,26H,1-2,6,8,18H2,3-5,7,9-13H3/t23-,26+,32+,33-,34-/m1/s1. The Morgan fingerprint density at radius 3 is 2.26 bits per heavy atom. The van der Waals surface area contributed by atoms with Crippen LogP contribution in [0.15, 0.2) is 77.6 Å². The van der Waals surface area contributed by atoms with Crippen LogP contribution >= 0.6 is 0 Å². The van der Waals surface area contributed by atoms with Gasteiger partial charge in [0.1, 0.15) is 0 Å². The molecule has 178 valence electrons. The summed E-state index contributed by atoms with van der Waals surface area (Å²) in [4.78, 5) is 0. The van der Waals surface area contributed by atoms with E-state index in [4.69, 9.17) is 13.2 Å². The third kappa shape index (κ3) is 2.61. The van der Waals surface area contributed by atoms with Crippen molar-refractivity contribution in [3.05, 3.63) is 99.9 Å². The van der Waals surface area contributed by atoms with Gasteiger partial charge in [0.25, 0.3) is 0 Å². The maximum absolute atomic E-state index is 4.79. The Labute approximate surface area is 208 Å². The minimum atomic E-state index is -0.151. The lowest BCUT2D eigenvalue weighted by Crippen LogP contribution is -2.58. The van der Waals surface area contributed by atoms with Crippen LogP contribution < -0.4 is 0 Å². The Hall–Kier alpha value is -2.56. The number of hydrogen-bond acceptors (Lipinski definition) is 0. The first-order valence-corrected chi connectivity index (χ1v) is 12.7. The quantitative estimate of drug-likeness (QED) is 0.393. The number of rotatable bonds is 2. The molecule has 0 saturated carbocycles. The van der Waals surface area contributed by atoms with Crippen LogP contribution in [0.5, 0.6) is 0 Å². The molecule has 5 atom stereocenters. The molecule has 0 aromatic heterocycles. The lowest BCUT2D eigenvalue weighted by atomic mass is 9.36. The van der Waals surface area contributed by atoms with Gasteiger partial charge in [0.15, 0.2) is 0 Å². The molecule has 1 aromatic carbocycles. The minimum Gasteiger partial charge on any atom is -0.128 e. The van der Waals surface area contributed by atoms with Crippen LogP contribution in [-0.4, -0.2) is 0 Å². The smallest absolute Gasteiger partial charge is 0.0196 e. The van der Waals surface area contributed by atoms with Crippen LogP contribution in [0, 0.1) is 29.1 Å². The fourth-order valence-electron chi connectivity index (χ4n) is 8.48. The summed E-state index contributed by atoms with van der Waals surface area (Å²) in [6, 6.07) is 4.45. The summed E-state index contributed by atoms with van der Waals surface area (Å²) in [6.07, 6.45) is 3.10. The van der Waals surface area contributed by atoms with E-state index in [0.717, 1.165) is 12.0 Å². The number of allylic oxidation sites excluding steroid dienone is 7. The third-order valence-electron chi connectivity index (χ3n) is 10.7. The fourth-order valence-corrected chi connectivity index (χ4v) is 8.48. The second-order valence-corrected chi connectivity index (χ2v) is 11.9. The van der Waals surface area contributed by atoms with E-state index < -0.39 is 0 Å². The Bertz CT molecular complexity index is 1280. The molecule has 0 heteroatoms. The number of fused-ring (bicyclic) bond motifs is 3. The van der Waals surface area contributed by atoms with Crippen LogP contribution in [0.3, 0.4) is 0 Å². The van der Waals surface area contributed by atoms with Crippen molar-refractivity contribution < 1.29 is 0 Å². The molecule has 0 N–H and O–H groups in total. The maximum atomic E-state index is 4.79. The highest BCUT2D eigenvalue weighted by Gasteiger charge is 2.65. The first-order chi connectivity index (χ1) is 15.7. The van der Waals surface area contributed by atoms with Crippen molar-refractivity contribution in [2.45, 2.75) is 74.7 Å². The highest BCUT2D eigenvalue weighted by Crippen LogP contribution is 2.74. The van der Waals surface area contributed by atoms with E-state index in [1.807, 2.05) is 6.08 Å². The molecule has 0 fully saturated rings. The monoisotopic (exact) mass is 450 g/mol. The summed E-state index contributed by atoms with van der Waals surface area (Å²) in [5, 5.41) is 0. The van der Waals surface area contributed by atoms with Crippen molar-refractivity contribution in [2.24, 2.45) is 22.2 Å². The zero-order valence-electron chi connectivity index (χ0n) is 22.9. The van der Waals surface area contributed by atoms with Crippen molar-refractivity contribution in [1.82, 2.24) is 0 Å². The van der Waals surface area contributed by atoms with Crippen molar-refractivity contribution >= 4 is 11.6 Å². The molecule has 0 radical (unpaired) electrons. The summed E-state index contributed by atoms with van der Waals surface area (Å²) in [7, 11) is 0. The van der Waals surface area contributed by atoms with Gasteiger partial charge in [0.2, 0.25) is 0 Å². The van der Waals surface area contributed by atoms with Gasteiger partial charge in [0, 0.05) is 10.8 Å². The predicted molar refractivity (Wildman–Crippen MR) is 150 cm³/mol. The number of aryl methyl sites for hydroxylation is 1. The van der Waals surface area contributed by atoms with Gasteiger partial charge in [-0.2, -0.15) is 0 Å². The molecule has 0 aliphatic heterocycles. The normalized spacial score (nSPS) is 34.9. The fraction of sp³-hybridized carbons (Fsp3) is 0.441. The Kier molecular flexibility index (Phi) is 5.39. The van der Waals surface area contributed by atoms with Gasteiger partial charge in [-0.1, -0.05) is 89.8 Å². The van der Waals surface area contributed by atoms with Crippen LogP contribution in [0.4, 0.5) is 0 Å². The highest BCUT2D eigenvalue weighted by atomic mass is 14.7. The first kappa shape index (κ1) is 24.6. The zero-order chi connectivity index (χ0) is 25.5. The molecule has 4 rings (SSSR count). The lowest BCUT2D eigenvalue weighted by molar-refractivity contribution is -0.0261. The molecule has 0 unspecified atom stereocenters. The van der Waals surface area contributed by atoms with Gasteiger partial charge in [-0.15, -0.1) is 5.73 Å². The molecule has 0 spiro atoms. The van der Waals surface area contributed by atoms with E-state index in [1.54, 1.807) is 0 Å². The summed E-state index contributed by atoms with van der Waals surface area (Å²) in [5.41, 5.74) is 17.3. The van der Waals surface area contributed by atoms with Crippen molar-refractivity contribution in [3.63, 3.8) is 0 Å². The molecule has 0 amide bonds. The van der Waals surface area contributed by atoms with Crippen LogP contribution in [0.25, 0.3) is 11.6 Å². The largest absolute Gasteiger partial charge is 0.128 e. The highest BCUT2D eigenvalue weighted by molar-refractivity contribution is 5.89. The minimum absolute atomic E-state index is 0.0404. The van der Waals surface area contributed by atoms with Crippen molar-refractivity contribution in [3.8, 4) is 0 Å². The second-order valence-electron chi connectivity index (χ2n) is 11.9. The van der Waals surface area contributed by atoms with Gasteiger partial charge in [-0.3, -0.25) is 0 Å². The Balaban J connectivity index is 2.14. The zero-order valence-corrected chi connectivity index (χ0v) is 22.9. The third-order valence-corrected chi connectivity index (χ3v) is 10.7. The SMILES string of the molecule is C=C=Cc1ccc(C)c2c1[C@@H](C)[C@@]1(C)C(=C(C)[C@@]3(C)C(=C)C(C(=C)C)=C(C)C[C@@]3(C)[C@@H]1C)C2=C. The van der Waals surface area contributed by atoms with E-state index in [1.165, 1.54) is 55.7 Å². The number of hydrogen-bond donors (Lipinski definition) is 0. The molecular formula is C34H42. The lowest BCUT2D eigenvalue weighted by Gasteiger charge is -2.67. The Morgan fingerprint density at radius 1 is 1.09 bits per heavy atom. The van der Waals surface area contributed by atoms with E-state index >= 15 is 0 Å². The van der Waals surface area contributed by atoms with E-state index in [2.05, 4.69) is 93.3 Å². The van der Waals surface area contributed by atoms with Gasteiger partial charge < -0.3 is 0 Å². The van der Waals surface area contributed by atoms with Gasteiger partial charge in [-0.05, 0) is 102 Å². The average Bonchev–Trinajstić information content (AvgIpc) is 2.75. The Morgan fingerprint density at radius 2 is 1.71 bits per heavy atom. The summed E-state index contributed by atoms with van der Waals surface area (Å²) >= 11 is 0. The molecular weight excluding hydrogens is 408 g/mol. The second kappa shape index (κ2) is 7.47. The summed E-state index contributed by atoms with van der Waals surface area (Å²) in [6.45, 7) is 39.1. The molecule has 1 aromatic rings. The van der Waals surface area contributed by atoms with Gasteiger partial charge in [-0.25, -0.2) is 0 Å². The molecule has 0 nitrogen and oxygen atoms in total. The molecule has 0 saturated heterocycles. The van der Waals surface area contributed by atoms with E-state index in [-0.39, 0.29) is 16.2 Å². The first-order valence-electron chi connectivity index (χ1n) is 12.7. The van der Waals surface area contributed by atoms with E-state index in [0.29, 0.717) is 11.8 Å². The van der Waals surface area contributed by atoms with Crippen molar-refractivity contribution in [2.75, 3.05) is 0 Å². The molecule has 0 bridgehead atoms. The van der Waals surface area contributed by atoms with E-state index in [9.17, 15) is 0 Å². The topological polar surface area (TPSA) is 0 Å². The van der Waals surface area contributed by atoms with Crippen LogP contribution in [0.1, 0.15) is 90.0 Å². The van der Waals surface area contributed by atoms with Crippen LogP contribution in [0.2, 0.25) is 0 Å². The molecule has 3 aliphatic carbocycles. The van der Waals surface area contributed by atoms with Crippen LogP contribution in [-0.2, 0) is 0 Å². The van der Waals surface area contributed by atoms with Gasteiger partial charge >= 0.3 is 0 Å². The number of benzene rings is 1. The molecule has 3 aliphatic rings. The predicted octanol–water partition coefficient (Wildman–Crippen LogP) is 9.76. The summed E-state index contributed by atoms with van der Waals surface area (Å²) < 4.78 is 0. The summed E-state index contributed by atoms with van der Waals surface area (Å²) in [5.74, 6) is 0.761. The van der Waals surface area contributed by atoms with Crippen molar-refractivity contribution in [1.29, 1.82) is 0 Å². The average molecular weight is 451 g/mol. The molecule has 0 heterocycles. The van der Waals surface area contributed by atoms with Gasteiger partial charge in [0.05, 0.1) is 0 Å². The maximum Gasteiger partial charge on any atom is 0.0196 e. The molecule has 34 heavy (non-hydrogen) atoms.